The minimum atomic E-state index is -0.514. The number of halogens is 1. The fraction of sp³-hybridized carbons (Fsp3) is 0.850. The Labute approximate surface area is 144 Å². The van der Waals surface area contributed by atoms with Crippen LogP contribution in [0.5, 0.6) is 0 Å². The Morgan fingerprint density at radius 2 is 1.70 bits per heavy atom. The first kappa shape index (κ1) is 16.1. The highest BCUT2D eigenvalue weighted by Crippen LogP contribution is 2.67. The number of hydrogen-bond donors (Lipinski definition) is 1. The molecule has 23 heavy (non-hydrogen) atoms. The summed E-state index contributed by atoms with van der Waals surface area (Å²) < 4.78 is 0. The zero-order valence-electron chi connectivity index (χ0n) is 14.6. The third kappa shape index (κ3) is 1.94. The van der Waals surface area contributed by atoms with Crippen LogP contribution in [0.15, 0.2) is 10.6 Å². The van der Waals surface area contributed by atoms with Gasteiger partial charge in [0.15, 0.2) is 5.78 Å². The van der Waals surface area contributed by atoms with Gasteiger partial charge in [-0.15, -0.1) is 0 Å². The maximum atomic E-state index is 12.0. The summed E-state index contributed by atoms with van der Waals surface area (Å²) in [5, 5.41) is 11.5. The first-order valence-electron chi connectivity index (χ1n) is 9.35. The molecule has 0 aromatic heterocycles. The molecule has 3 fully saturated rings. The van der Waals surface area contributed by atoms with Crippen LogP contribution in [-0.4, -0.2) is 16.5 Å². The smallest absolute Gasteiger partial charge is 0.174 e. The summed E-state index contributed by atoms with van der Waals surface area (Å²) in [4.78, 5) is 12.0. The predicted molar refractivity (Wildman–Crippen MR) is 92.1 cm³/mol. The Kier molecular flexibility index (Phi) is 3.40. The Hall–Kier alpha value is -0.340. The summed E-state index contributed by atoms with van der Waals surface area (Å²) >= 11 is 6.44. The Morgan fingerprint density at radius 1 is 1.00 bits per heavy atom. The van der Waals surface area contributed by atoms with Crippen LogP contribution in [0, 0.1) is 28.6 Å². The minimum absolute atomic E-state index is 0.0695. The van der Waals surface area contributed by atoms with Crippen LogP contribution in [0.2, 0.25) is 0 Å². The number of Topliss-reactive ketones (excluding diaryl/α,β-unsaturated/α-hetero) is 1. The predicted octanol–water partition coefficient (Wildman–Crippen LogP) is 4.84. The summed E-state index contributed by atoms with van der Waals surface area (Å²) in [7, 11) is 0. The third-order valence-corrected chi connectivity index (χ3v) is 9.05. The summed E-state index contributed by atoms with van der Waals surface area (Å²) in [5.74, 6) is 2.11. The maximum absolute atomic E-state index is 12.0. The van der Waals surface area contributed by atoms with Gasteiger partial charge in [-0.1, -0.05) is 25.4 Å². The molecule has 0 aliphatic heterocycles. The van der Waals surface area contributed by atoms with Crippen molar-refractivity contribution in [1.82, 2.24) is 0 Å². The number of aliphatic hydroxyl groups is 1. The van der Waals surface area contributed by atoms with Gasteiger partial charge in [0.2, 0.25) is 0 Å². The van der Waals surface area contributed by atoms with Crippen molar-refractivity contribution in [2.45, 2.75) is 77.7 Å². The van der Waals surface area contributed by atoms with E-state index in [0.29, 0.717) is 29.2 Å². The monoisotopic (exact) mass is 336 g/mol. The summed E-state index contributed by atoms with van der Waals surface area (Å²) in [6.07, 6.45) is 8.10. The van der Waals surface area contributed by atoms with Gasteiger partial charge in [0.1, 0.15) is 0 Å². The van der Waals surface area contributed by atoms with Gasteiger partial charge in [-0.2, -0.15) is 0 Å². The van der Waals surface area contributed by atoms with Crippen molar-refractivity contribution in [3.05, 3.63) is 10.6 Å². The van der Waals surface area contributed by atoms with E-state index in [-0.39, 0.29) is 16.6 Å². The van der Waals surface area contributed by atoms with Crippen LogP contribution in [-0.2, 0) is 4.79 Å². The van der Waals surface area contributed by atoms with E-state index < -0.39 is 5.60 Å². The fourth-order valence-electron chi connectivity index (χ4n) is 6.89. The zero-order valence-corrected chi connectivity index (χ0v) is 15.4. The van der Waals surface area contributed by atoms with Crippen molar-refractivity contribution in [1.29, 1.82) is 0 Å². The second-order valence-electron chi connectivity index (χ2n) is 9.32. The number of hydrogen-bond acceptors (Lipinski definition) is 2. The van der Waals surface area contributed by atoms with Gasteiger partial charge in [-0.3, -0.25) is 4.79 Å². The van der Waals surface area contributed by atoms with E-state index in [2.05, 4.69) is 20.8 Å². The van der Waals surface area contributed by atoms with Crippen molar-refractivity contribution < 1.29 is 9.90 Å². The van der Waals surface area contributed by atoms with Gasteiger partial charge in [0, 0.05) is 6.42 Å². The normalized spacial score (nSPS) is 52.9. The molecule has 4 rings (SSSR count). The van der Waals surface area contributed by atoms with E-state index in [1.54, 1.807) is 0 Å². The minimum Gasteiger partial charge on any atom is -0.390 e. The van der Waals surface area contributed by atoms with Gasteiger partial charge in [0.05, 0.1) is 10.6 Å². The van der Waals surface area contributed by atoms with E-state index in [1.807, 2.05) is 0 Å². The lowest BCUT2D eigenvalue weighted by atomic mass is 9.46. The van der Waals surface area contributed by atoms with E-state index in [9.17, 15) is 9.90 Å². The highest BCUT2D eigenvalue weighted by Gasteiger charge is 2.62. The molecule has 4 aliphatic rings. The molecule has 128 valence electrons. The van der Waals surface area contributed by atoms with Crippen molar-refractivity contribution in [2.24, 2.45) is 28.6 Å². The van der Waals surface area contributed by atoms with E-state index in [1.165, 1.54) is 12.0 Å². The summed E-state index contributed by atoms with van der Waals surface area (Å²) in [6, 6.07) is 0. The number of allylic oxidation sites excluding steroid dienone is 1. The summed E-state index contributed by atoms with van der Waals surface area (Å²) in [6.45, 7) is 6.75. The number of fused-ring (bicyclic) bond motifs is 5. The number of rotatable bonds is 0. The maximum Gasteiger partial charge on any atom is 0.174 e. The molecule has 0 radical (unpaired) electrons. The van der Waals surface area contributed by atoms with Gasteiger partial charge in [-0.05, 0) is 86.0 Å². The van der Waals surface area contributed by atoms with E-state index >= 15 is 0 Å². The molecular formula is C20H29ClO2. The molecule has 0 saturated heterocycles. The Bertz CT molecular complexity index is 592. The van der Waals surface area contributed by atoms with Crippen LogP contribution in [0.3, 0.4) is 0 Å². The quantitative estimate of drug-likeness (QED) is 0.687. The standard InChI is InChI=1S/C20H29ClO2/c1-18-9-8-16(22)17(21)15(18)5-4-12-13(18)6-10-19(2)14(12)7-11-20(19,3)23/h12-14,23H,4-11H2,1-3H3/t12-,13-,14-,18-,19+,20+/m1/s1. The molecule has 0 aromatic rings. The van der Waals surface area contributed by atoms with Crippen molar-refractivity contribution >= 4 is 17.4 Å². The van der Waals surface area contributed by atoms with Crippen LogP contribution in [0.25, 0.3) is 0 Å². The molecule has 4 aliphatic carbocycles. The lowest BCUT2D eigenvalue weighted by molar-refractivity contribution is -0.124. The SMILES string of the molecule is C[C@]12CCC(=O)C(Cl)=C1CC[C@@H]1[C@H]2CC[C@@]2(C)[C@@H]1CC[C@]2(C)O. The van der Waals surface area contributed by atoms with Crippen LogP contribution >= 0.6 is 11.6 Å². The van der Waals surface area contributed by atoms with Gasteiger partial charge in [-0.25, -0.2) is 0 Å². The Morgan fingerprint density at radius 3 is 2.43 bits per heavy atom. The molecule has 3 heteroatoms. The number of ketones is 1. The Balaban J connectivity index is 1.72. The average Bonchev–Trinajstić information content (AvgIpc) is 2.74. The van der Waals surface area contributed by atoms with Crippen molar-refractivity contribution in [2.75, 3.05) is 0 Å². The molecule has 0 amide bonds. The largest absolute Gasteiger partial charge is 0.390 e. The van der Waals surface area contributed by atoms with Crippen LogP contribution in [0.1, 0.15) is 72.1 Å². The van der Waals surface area contributed by atoms with Gasteiger partial charge in [0.25, 0.3) is 0 Å². The number of carbonyl (C=O) groups is 1. The molecule has 2 nitrogen and oxygen atoms in total. The van der Waals surface area contributed by atoms with Crippen LogP contribution < -0.4 is 0 Å². The second kappa shape index (κ2) is 4.85. The van der Waals surface area contributed by atoms with E-state index in [4.69, 9.17) is 11.6 Å². The molecule has 0 bridgehead atoms. The van der Waals surface area contributed by atoms with E-state index in [0.717, 1.165) is 38.5 Å². The fourth-order valence-corrected chi connectivity index (χ4v) is 7.30. The molecule has 0 unspecified atom stereocenters. The molecule has 0 spiro atoms. The highest BCUT2D eigenvalue weighted by molar-refractivity contribution is 6.43. The molecular weight excluding hydrogens is 308 g/mol. The molecule has 6 atom stereocenters. The summed E-state index contributed by atoms with van der Waals surface area (Å²) in [5.41, 5.74) is 0.925. The molecule has 0 heterocycles. The topological polar surface area (TPSA) is 37.3 Å². The zero-order chi connectivity index (χ0) is 16.6. The average molecular weight is 337 g/mol. The number of carbonyl (C=O) groups excluding carboxylic acids is 1. The first-order valence-corrected chi connectivity index (χ1v) is 9.73. The first-order chi connectivity index (χ1) is 10.7. The van der Waals surface area contributed by atoms with Crippen LogP contribution in [0.4, 0.5) is 0 Å². The van der Waals surface area contributed by atoms with Crippen molar-refractivity contribution in [3.8, 4) is 0 Å². The lowest BCUT2D eigenvalue weighted by Crippen LogP contribution is -2.54. The second-order valence-corrected chi connectivity index (χ2v) is 9.70. The third-order valence-electron chi connectivity index (χ3n) is 8.62. The van der Waals surface area contributed by atoms with Crippen molar-refractivity contribution in [3.63, 3.8) is 0 Å². The molecule has 3 saturated carbocycles. The van der Waals surface area contributed by atoms with Gasteiger partial charge < -0.3 is 5.11 Å². The lowest BCUT2D eigenvalue weighted by Gasteiger charge is -2.59. The molecule has 1 N–H and O–H groups in total. The molecule has 0 aromatic carbocycles. The van der Waals surface area contributed by atoms with Gasteiger partial charge >= 0.3 is 0 Å². The highest BCUT2D eigenvalue weighted by atomic mass is 35.5.